The minimum Gasteiger partial charge on any atom is -0.268 e. The molecule has 0 aromatic heterocycles. The lowest BCUT2D eigenvalue weighted by atomic mass is 10.1. The fourth-order valence-corrected chi connectivity index (χ4v) is 2.61. The fourth-order valence-electron chi connectivity index (χ4n) is 1.84. The van der Waals surface area contributed by atoms with Crippen molar-refractivity contribution in [1.29, 1.82) is 0 Å². The van der Waals surface area contributed by atoms with Crippen molar-refractivity contribution in [2.24, 2.45) is 0 Å². The third-order valence-corrected chi connectivity index (χ3v) is 3.98. The van der Waals surface area contributed by atoms with Crippen LogP contribution in [0.5, 0.6) is 0 Å². The van der Waals surface area contributed by atoms with Crippen molar-refractivity contribution >= 4 is 40.9 Å². The Bertz CT molecular complexity index is 616. The molecule has 0 spiro atoms. The van der Waals surface area contributed by atoms with Crippen molar-refractivity contribution in [1.82, 2.24) is 4.42 Å². The van der Waals surface area contributed by atoms with Gasteiger partial charge in [0.2, 0.25) is 0 Å². The van der Waals surface area contributed by atoms with Crippen LogP contribution in [0.1, 0.15) is 28.9 Å². The Kier molecular flexibility index (Phi) is 4.92. The Morgan fingerprint density at radius 2 is 1.75 bits per heavy atom. The van der Waals surface area contributed by atoms with Crippen molar-refractivity contribution in [2.45, 2.75) is 13.0 Å². The molecule has 2 nitrogen and oxygen atoms in total. The summed E-state index contributed by atoms with van der Waals surface area (Å²) < 4.78 is 1.14. The lowest BCUT2D eigenvalue weighted by Crippen LogP contribution is -2.25. The second-order valence-electron chi connectivity index (χ2n) is 4.32. The summed E-state index contributed by atoms with van der Waals surface area (Å²) in [5.41, 5.74) is 1.27. The highest BCUT2D eigenvalue weighted by atomic mass is 35.5. The predicted molar refractivity (Wildman–Crippen MR) is 83.3 cm³/mol. The van der Waals surface area contributed by atoms with Crippen molar-refractivity contribution in [3.05, 3.63) is 69.7 Å². The first-order valence-corrected chi connectivity index (χ1v) is 7.09. The quantitative estimate of drug-likeness (QED) is 0.695. The maximum absolute atomic E-state index is 12.3. The van der Waals surface area contributed by atoms with E-state index in [1.807, 2.05) is 13.0 Å². The van der Waals surface area contributed by atoms with Crippen LogP contribution in [0.4, 0.5) is 0 Å². The van der Waals surface area contributed by atoms with E-state index in [4.69, 9.17) is 35.0 Å². The summed E-state index contributed by atoms with van der Waals surface area (Å²) >= 11 is 18.2. The number of benzene rings is 2. The van der Waals surface area contributed by atoms with E-state index < -0.39 is 0 Å². The number of halogens is 3. The molecule has 20 heavy (non-hydrogen) atoms. The number of hydrogen-bond donors (Lipinski definition) is 0. The van der Waals surface area contributed by atoms with Gasteiger partial charge in [-0.1, -0.05) is 47.5 Å². The van der Waals surface area contributed by atoms with Crippen LogP contribution in [0.3, 0.4) is 0 Å². The van der Waals surface area contributed by atoms with Gasteiger partial charge in [0.15, 0.2) is 0 Å². The molecule has 1 unspecified atom stereocenters. The largest absolute Gasteiger partial charge is 0.268 e. The molecule has 0 bridgehead atoms. The topological polar surface area (TPSA) is 20.3 Å². The van der Waals surface area contributed by atoms with Crippen molar-refractivity contribution in [3.63, 3.8) is 0 Å². The summed E-state index contributed by atoms with van der Waals surface area (Å²) in [5.74, 6) is -0.272. The van der Waals surface area contributed by atoms with E-state index in [0.29, 0.717) is 15.6 Å². The van der Waals surface area contributed by atoms with E-state index in [2.05, 4.69) is 0 Å². The fraction of sp³-hybridized carbons (Fsp3) is 0.133. The number of amides is 1. The summed E-state index contributed by atoms with van der Waals surface area (Å²) in [5, 5.41) is 1.03. The van der Waals surface area contributed by atoms with Crippen LogP contribution in [-0.2, 0) is 0 Å². The molecule has 0 aliphatic rings. The van der Waals surface area contributed by atoms with Crippen LogP contribution >= 0.6 is 35.0 Å². The molecule has 2 aromatic rings. The number of hydrogen-bond acceptors (Lipinski definition) is 1. The first-order valence-electron chi connectivity index (χ1n) is 6.00. The highest BCUT2D eigenvalue weighted by molar-refractivity contribution is 6.35. The molecule has 0 saturated carbocycles. The van der Waals surface area contributed by atoms with Gasteiger partial charge in [0.1, 0.15) is 0 Å². The maximum atomic E-state index is 12.3. The van der Waals surface area contributed by atoms with E-state index in [0.717, 1.165) is 9.98 Å². The van der Waals surface area contributed by atoms with Gasteiger partial charge in [-0.3, -0.25) is 4.79 Å². The standard InChI is InChI=1S/C15H12Cl3NO/c1-10(13-8-7-12(16)9-14(13)17)19(18)15(20)11-5-3-2-4-6-11/h2-10H,1H3. The van der Waals surface area contributed by atoms with E-state index in [1.54, 1.807) is 42.5 Å². The Labute approximate surface area is 133 Å². The van der Waals surface area contributed by atoms with Crippen LogP contribution in [0.15, 0.2) is 48.5 Å². The van der Waals surface area contributed by atoms with Crippen molar-refractivity contribution < 1.29 is 4.79 Å². The molecular formula is C15H12Cl3NO. The van der Waals surface area contributed by atoms with Gasteiger partial charge in [-0.25, -0.2) is 4.42 Å². The summed E-state index contributed by atoms with van der Waals surface area (Å²) in [6, 6.07) is 13.6. The first-order chi connectivity index (χ1) is 9.50. The van der Waals surface area contributed by atoms with E-state index in [9.17, 15) is 4.79 Å². The molecule has 0 aliphatic heterocycles. The Morgan fingerprint density at radius 3 is 2.35 bits per heavy atom. The van der Waals surface area contributed by atoms with E-state index in [1.165, 1.54) is 0 Å². The number of rotatable bonds is 3. The highest BCUT2D eigenvalue weighted by Gasteiger charge is 2.22. The van der Waals surface area contributed by atoms with Crippen LogP contribution in [0.2, 0.25) is 10.0 Å². The predicted octanol–water partition coefficient (Wildman–Crippen LogP) is 5.35. The van der Waals surface area contributed by atoms with Crippen LogP contribution in [0, 0.1) is 0 Å². The Hall–Kier alpha value is -1.22. The van der Waals surface area contributed by atoms with Gasteiger partial charge in [-0.05, 0) is 36.8 Å². The number of carbonyl (C=O) groups is 1. The van der Waals surface area contributed by atoms with Gasteiger partial charge >= 0.3 is 0 Å². The third kappa shape index (κ3) is 3.26. The molecular weight excluding hydrogens is 317 g/mol. The maximum Gasteiger partial charge on any atom is 0.268 e. The summed E-state index contributed by atoms with van der Waals surface area (Å²) in [6.45, 7) is 1.81. The molecule has 0 aliphatic carbocycles. The Balaban J connectivity index is 2.24. The number of carbonyl (C=O) groups excluding carboxylic acids is 1. The molecule has 2 rings (SSSR count). The highest BCUT2D eigenvalue weighted by Crippen LogP contribution is 2.31. The molecule has 0 N–H and O–H groups in total. The monoisotopic (exact) mass is 327 g/mol. The van der Waals surface area contributed by atoms with E-state index in [-0.39, 0.29) is 11.9 Å². The second kappa shape index (κ2) is 6.49. The zero-order valence-electron chi connectivity index (χ0n) is 10.7. The van der Waals surface area contributed by atoms with Crippen LogP contribution < -0.4 is 0 Å². The molecule has 0 heterocycles. The smallest absolute Gasteiger partial charge is 0.268 e. The van der Waals surface area contributed by atoms with Crippen molar-refractivity contribution in [2.75, 3.05) is 0 Å². The molecule has 2 aromatic carbocycles. The minimum absolute atomic E-state index is 0.272. The molecule has 5 heteroatoms. The zero-order chi connectivity index (χ0) is 14.7. The summed E-state index contributed by atoms with van der Waals surface area (Å²) in [4.78, 5) is 12.3. The van der Waals surface area contributed by atoms with Gasteiger partial charge < -0.3 is 0 Å². The average Bonchev–Trinajstić information content (AvgIpc) is 2.46. The average molecular weight is 329 g/mol. The molecule has 1 amide bonds. The molecule has 0 saturated heterocycles. The summed E-state index contributed by atoms with van der Waals surface area (Å²) in [7, 11) is 0. The van der Waals surface area contributed by atoms with Gasteiger partial charge in [-0.15, -0.1) is 0 Å². The van der Waals surface area contributed by atoms with Gasteiger partial charge in [0.25, 0.3) is 5.91 Å². The lowest BCUT2D eigenvalue weighted by molar-refractivity contribution is 0.0830. The van der Waals surface area contributed by atoms with Crippen molar-refractivity contribution in [3.8, 4) is 0 Å². The number of nitrogens with zero attached hydrogens (tertiary/aromatic N) is 1. The molecule has 0 radical (unpaired) electrons. The van der Waals surface area contributed by atoms with Gasteiger partial charge in [0, 0.05) is 27.4 Å². The molecule has 1 atom stereocenters. The van der Waals surface area contributed by atoms with Gasteiger partial charge in [-0.2, -0.15) is 0 Å². The normalized spacial score (nSPS) is 12.0. The minimum atomic E-state index is -0.367. The first kappa shape index (κ1) is 15.2. The Morgan fingerprint density at radius 1 is 1.10 bits per heavy atom. The van der Waals surface area contributed by atoms with Gasteiger partial charge in [0.05, 0.1) is 6.04 Å². The van der Waals surface area contributed by atoms with E-state index >= 15 is 0 Å². The third-order valence-electron chi connectivity index (χ3n) is 2.97. The summed E-state index contributed by atoms with van der Waals surface area (Å²) in [6.07, 6.45) is 0. The zero-order valence-corrected chi connectivity index (χ0v) is 13.0. The lowest BCUT2D eigenvalue weighted by Gasteiger charge is -2.23. The SMILES string of the molecule is CC(c1ccc(Cl)cc1Cl)N(Cl)C(=O)c1ccccc1. The van der Waals surface area contributed by atoms with Crippen LogP contribution in [0.25, 0.3) is 0 Å². The van der Waals surface area contributed by atoms with Crippen LogP contribution in [-0.4, -0.2) is 10.3 Å². The second-order valence-corrected chi connectivity index (χ2v) is 5.53. The molecule has 0 fully saturated rings. The molecule has 104 valence electrons.